The molecule has 3 aromatic carbocycles. The molecule has 4 nitrogen and oxygen atoms in total. The molecule has 0 saturated heterocycles. The van der Waals surface area contributed by atoms with Gasteiger partial charge < -0.3 is 13.9 Å². The van der Waals surface area contributed by atoms with E-state index in [9.17, 15) is 9.90 Å². The molecular weight excluding hydrogens is 364 g/mol. The minimum absolute atomic E-state index is 0.218. The quantitative estimate of drug-likeness (QED) is 0.428. The summed E-state index contributed by atoms with van der Waals surface area (Å²) in [7, 11) is 0. The minimum atomic E-state index is -0.382. The number of hydrogen-bond acceptors (Lipinski definition) is 4. The summed E-state index contributed by atoms with van der Waals surface area (Å²) in [6.07, 6.45) is 1.70. The van der Waals surface area contributed by atoms with E-state index in [1.165, 1.54) is 6.26 Å². The minimum Gasteiger partial charge on any atom is -0.507 e. The van der Waals surface area contributed by atoms with Crippen molar-refractivity contribution < 1.29 is 13.9 Å². The van der Waals surface area contributed by atoms with Crippen LogP contribution in [0.1, 0.15) is 16.7 Å². The molecule has 2 aromatic heterocycles. The molecule has 1 N–H and O–H groups in total. The van der Waals surface area contributed by atoms with Gasteiger partial charge in [-0.25, -0.2) is 4.79 Å². The Morgan fingerprint density at radius 1 is 0.931 bits per heavy atom. The average molecular weight is 382 g/mol. The number of aryl methyl sites for hydroxylation is 1. The van der Waals surface area contributed by atoms with Gasteiger partial charge in [-0.3, -0.25) is 0 Å². The molecule has 0 amide bonds. The van der Waals surface area contributed by atoms with E-state index in [0.717, 1.165) is 38.4 Å². The Bertz CT molecular complexity index is 1390. The number of phenolic OH excluding ortho intramolecular Hbond substituents is 1. The standard InChI is InChI=1S/C25H18O4/c1-15-8-9-16-10-11-19(22-14-17-5-2-3-7-21(17)29-22)20(23(16)24(15)26)13-18-6-4-12-28-25(18)27/h2-12,14,26H,13H2,1H3. The monoisotopic (exact) mass is 382 g/mol. The second kappa shape index (κ2) is 6.67. The van der Waals surface area contributed by atoms with Crippen molar-refractivity contribution in [1.29, 1.82) is 0 Å². The average Bonchev–Trinajstić information content (AvgIpc) is 3.16. The van der Waals surface area contributed by atoms with Crippen LogP contribution < -0.4 is 5.63 Å². The van der Waals surface area contributed by atoms with E-state index in [1.54, 1.807) is 12.1 Å². The van der Waals surface area contributed by atoms with Gasteiger partial charge in [0.15, 0.2) is 0 Å². The van der Waals surface area contributed by atoms with Crippen molar-refractivity contribution in [2.75, 3.05) is 0 Å². The number of phenols is 1. The molecule has 0 bridgehead atoms. The number of benzene rings is 3. The lowest BCUT2D eigenvalue weighted by molar-refractivity contribution is 0.477. The van der Waals surface area contributed by atoms with Gasteiger partial charge in [0, 0.05) is 28.3 Å². The summed E-state index contributed by atoms with van der Waals surface area (Å²) in [6, 6.07) is 21.1. The van der Waals surface area contributed by atoms with E-state index in [4.69, 9.17) is 8.83 Å². The number of furan rings is 1. The van der Waals surface area contributed by atoms with E-state index >= 15 is 0 Å². The topological polar surface area (TPSA) is 63.6 Å². The zero-order valence-corrected chi connectivity index (χ0v) is 15.8. The van der Waals surface area contributed by atoms with Crippen LogP contribution in [0.15, 0.2) is 86.6 Å². The second-order valence-corrected chi connectivity index (χ2v) is 7.17. The fourth-order valence-corrected chi connectivity index (χ4v) is 3.83. The summed E-state index contributed by atoms with van der Waals surface area (Å²) in [5.74, 6) is 0.917. The van der Waals surface area contributed by atoms with Crippen LogP contribution in [0.2, 0.25) is 0 Å². The fraction of sp³-hybridized carbons (Fsp3) is 0.0800. The molecule has 5 rings (SSSR count). The van der Waals surface area contributed by atoms with Gasteiger partial charge in [0.1, 0.15) is 17.1 Å². The zero-order valence-electron chi connectivity index (χ0n) is 15.8. The molecule has 142 valence electrons. The highest BCUT2D eigenvalue weighted by atomic mass is 16.4. The molecule has 0 atom stereocenters. The van der Waals surface area contributed by atoms with Crippen molar-refractivity contribution in [3.8, 4) is 17.1 Å². The maximum absolute atomic E-state index is 12.2. The van der Waals surface area contributed by atoms with Crippen molar-refractivity contribution in [1.82, 2.24) is 0 Å². The first-order valence-electron chi connectivity index (χ1n) is 9.41. The van der Waals surface area contributed by atoms with Gasteiger partial charge in [-0.15, -0.1) is 0 Å². The summed E-state index contributed by atoms with van der Waals surface area (Å²) in [5.41, 5.74) is 3.39. The van der Waals surface area contributed by atoms with Crippen LogP contribution in [-0.2, 0) is 6.42 Å². The first-order valence-corrected chi connectivity index (χ1v) is 9.41. The number of fused-ring (bicyclic) bond motifs is 2. The lowest BCUT2D eigenvalue weighted by atomic mass is 9.91. The molecule has 0 radical (unpaired) electrons. The van der Waals surface area contributed by atoms with Gasteiger partial charge in [-0.05, 0) is 47.7 Å². The van der Waals surface area contributed by atoms with Gasteiger partial charge in [0.2, 0.25) is 0 Å². The van der Waals surface area contributed by atoms with Crippen LogP contribution in [0.4, 0.5) is 0 Å². The first kappa shape index (κ1) is 17.3. The molecular formula is C25H18O4. The summed E-state index contributed by atoms with van der Waals surface area (Å²) < 4.78 is 11.1. The first-order chi connectivity index (χ1) is 14.1. The van der Waals surface area contributed by atoms with Crippen LogP contribution in [0, 0.1) is 6.92 Å². The molecule has 0 saturated carbocycles. The third kappa shape index (κ3) is 2.90. The molecule has 29 heavy (non-hydrogen) atoms. The van der Waals surface area contributed by atoms with E-state index < -0.39 is 0 Å². The Kier molecular flexibility index (Phi) is 3.98. The largest absolute Gasteiger partial charge is 0.507 e. The summed E-state index contributed by atoms with van der Waals surface area (Å²) >= 11 is 0. The molecule has 0 aliphatic carbocycles. The van der Waals surface area contributed by atoms with Gasteiger partial charge in [-0.1, -0.05) is 42.5 Å². The molecule has 4 heteroatoms. The van der Waals surface area contributed by atoms with E-state index in [1.807, 2.05) is 61.5 Å². The van der Waals surface area contributed by atoms with Gasteiger partial charge in [0.25, 0.3) is 0 Å². The van der Waals surface area contributed by atoms with Crippen molar-refractivity contribution >= 4 is 21.7 Å². The Balaban J connectivity index is 1.82. The second-order valence-electron chi connectivity index (χ2n) is 7.17. The van der Waals surface area contributed by atoms with Crippen molar-refractivity contribution in [2.45, 2.75) is 13.3 Å². The maximum Gasteiger partial charge on any atom is 0.339 e. The predicted molar refractivity (Wildman–Crippen MR) is 113 cm³/mol. The highest BCUT2D eigenvalue weighted by Gasteiger charge is 2.18. The van der Waals surface area contributed by atoms with Crippen LogP contribution in [0.5, 0.6) is 5.75 Å². The van der Waals surface area contributed by atoms with Crippen molar-refractivity contribution in [3.05, 3.63) is 100 Å². The van der Waals surface area contributed by atoms with Gasteiger partial charge >= 0.3 is 5.63 Å². The number of hydrogen-bond donors (Lipinski definition) is 1. The maximum atomic E-state index is 12.2. The Morgan fingerprint density at radius 2 is 1.76 bits per heavy atom. The zero-order chi connectivity index (χ0) is 20.0. The van der Waals surface area contributed by atoms with E-state index in [0.29, 0.717) is 17.7 Å². The highest BCUT2D eigenvalue weighted by molar-refractivity contribution is 5.97. The normalized spacial score (nSPS) is 11.3. The van der Waals surface area contributed by atoms with Crippen molar-refractivity contribution in [2.24, 2.45) is 0 Å². The van der Waals surface area contributed by atoms with Gasteiger partial charge in [-0.2, -0.15) is 0 Å². The Labute approximate surface area is 166 Å². The van der Waals surface area contributed by atoms with Crippen LogP contribution in [0.25, 0.3) is 33.1 Å². The molecule has 5 aromatic rings. The van der Waals surface area contributed by atoms with Crippen LogP contribution in [-0.4, -0.2) is 5.11 Å². The lowest BCUT2D eigenvalue weighted by Crippen LogP contribution is -2.07. The van der Waals surface area contributed by atoms with Crippen molar-refractivity contribution in [3.63, 3.8) is 0 Å². The molecule has 0 spiro atoms. The molecule has 0 aliphatic heterocycles. The smallest absolute Gasteiger partial charge is 0.339 e. The Hall–Kier alpha value is -3.79. The molecule has 0 aliphatic rings. The van der Waals surface area contributed by atoms with Gasteiger partial charge in [0.05, 0.1) is 6.26 Å². The summed E-state index contributed by atoms with van der Waals surface area (Å²) in [5, 5.41) is 13.5. The number of aromatic hydroxyl groups is 1. The molecule has 0 unspecified atom stereocenters. The third-order valence-electron chi connectivity index (χ3n) is 5.34. The van der Waals surface area contributed by atoms with Crippen LogP contribution in [0.3, 0.4) is 0 Å². The summed E-state index contributed by atoms with van der Waals surface area (Å²) in [6.45, 7) is 1.86. The van der Waals surface area contributed by atoms with E-state index in [2.05, 4.69) is 0 Å². The number of para-hydroxylation sites is 1. The summed E-state index contributed by atoms with van der Waals surface area (Å²) in [4.78, 5) is 12.2. The van der Waals surface area contributed by atoms with E-state index in [-0.39, 0.29) is 11.4 Å². The predicted octanol–water partition coefficient (Wildman–Crippen LogP) is 5.81. The van der Waals surface area contributed by atoms with Crippen LogP contribution >= 0.6 is 0 Å². The fourth-order valence-electron chi connectivity index (χ4n) is 3.83. The highest BCUT2D eigenvalue weighted by Crippen LogP contribution is 2.39. The lowest BCUT2D eigenvalue weighted by Gasteiger charge is -2.14. The Morgan fingerprint density at radius 3 is 2.59 bits per heavy atom. The SMILES string of the molecule is Cc1ccc2ccc(-c3cc4ccccc4o3)c(Cc3cccoc3=O)c2c1O. The third-order valence-corrected chi connectivity index (χ3v) is 5.34. The molecule has 0 fully saturated rings. The number of rotatable bonds is 3. The molecule has 2 heterocycles.